The van der Waals surface area contributed by atoms with Crippen LogP contribution in [0.1, 0.15) is 24.0 Å². The Balaban J connectivity index is 1.35. The third kappa shape index (κ3) is 6.32. The van der Waals surface area contributed by atoms with Crippen molar-refractivity contribution in [2.24, 2.45) is 12.5 Å². The SMILES string of the molecule is Cn1c(=O)c(-c2cccc3c(C[C@H](NC(=O)C4(C(F)(F)F)CCN(C5COCC5(F)F)CC4)C(=O)O)cccc23)c(C(F)(F)F)c2ccccc21. The summed E-state index contributed by atoms with van der Waals surface area (Å²) >= 11 is 0. The number of benzene rings is 3. The zero-order valence-electron chi connectivity index (χ0n) is 26.9. The van der Waals surface area contributed by atoms with Gasteiger partial charge in [0.2, 0.25) is 5.91 Å². The summed E-state index contributed by atoms with van der Waals surface area (Å²) in [6.07, 6.45) is -12.5. The number of nitrogens with one attached hydrogen (secondary N) is 1. The number of aromatic nitrogens is 1. The molecule has 1 unspecified atom stereocenters. The molecule has 2 atom stereocenters. The molecular formula is C35H31F8N3O5. The lowest BCUT2D eigenvalue weighted by Gasteiger charge is -2.44. The lowest BCUT2D eigenvalue weighted by Crippen LogP contribution is -2.61. The number of halogens is 8. The fourth-order valence-corrected chi connectivity index (χ4v) is 7.28. The van der Waals surface area contributed by atoms with Gasteiger partial charge in [0.05, 0.1) is 29.3 Å². The Hall–Kier alpha value is -4.57. The van der Waals surface area contributed by atoms with Crippen molar-refractivity contribution in [3.8, 4) is 11.1 Å². The normalized spacial score (nSPS) is 20.1. The van der Waals surface area contributed by atoms with E-state index in [1.807, 2.05) is 5.32 Å². The van der Waals surface area contributed by atoms with E-state index < -0.39 is 103 Å². The number of carbonyl (C=O) groups is 2. The second kappa shape index (κ2) is 12.9. The van der Waals surface area contributed by atoms with Crippen molar-refractivity contribution in [3.63, 3.8) is 0 Å². The number of piperidine rings is 1. The number of rotatable bonds is 7. The number of para-hydroxylation sites is 1. The highest BCUT2D eigenvalue weighted by Gasteiger charge is 2.62. The van der Waals surface area contributed by atoms with Gasteiger partial charge in [-0.1, -0.05) is 54.6 Å². The second-order valence-corrected chi connectivity index (χ2v) is 12.9. The van der Waals surface area contributed by atoms with Crippen LogP contribution < -0.4 is 10.9 Å². The smallest absolute Gasteiger partial charge is 0.417 e. The molecule has 0 aliphatic carbocycles. The summed E-state index contributed by atoms with van der Waals surface area (Å²) in [5, 5.41) is 12.2. The Bertz CT molecular complexity index is 2070. The number of alkyl halides is 8. The number of aliphatic carboxylic acids is 1. The lowest BCUT2D eigenvalue weighted by atomic mass is 9.76. The van der Waals surface area contributed by atoms with Crippen molar-refractivity contribution < 1.29 is 54.6 Å². The number of nitrogens with zero attached hydrogens (tertiary/aromatic N) is 2. The highest BCUT2D eigenvalue weighted by Crippen LogP contribution is 2.48. The van der Waals surface area contributed by atoms with Gasteiger partial charge < -0.3 is 19.7 Å². The fraction of sp³-hybridized carbons (Fsp3) is 0.400. The van der Waals surface area contributed by atoms with Gasteiger partial charge in [0.15, 0.2) is 0 Å². The van der Waals surface area contributed by atoms with Crippen LogP contribution in [0.4, 0.5) is 35.1 Å². The van der Waals surface area contributed by atoms with Crippen LogP contribution in [0.25, 0.3) is 32.8 Å². The highest BCUT2D eigenvalue weighted by atomic mass is 19.4. The fourth-order valence-electron chi connectivity index (χ4n) is 7.28. The number of carboxylic acids is 1. The van der Waals surface area contributed by atoms with Gasteiger partial charge in [-0.05, 0) is 40.8 Å². The standard InChI is InChI=1S/C35H31F8N3O5/c1-45-25-11-3-2-7-23(25)28(34(38,39)40)27(29(45)47)22-10-5-8-20-19(6-4-9-21(20)22)16-24(30(48)49)44-31(50)32(35(41,42)43)12-14-46(15-13-32)26-17-51-18-33(26,36)37/h2-11,24,26H,12-18H2,1H3,(H,44,50)(H,48,49)/t24-,26?/m0/s1. The van der Waals surface area contributed by atoms with E-state index in [0.29, 0.717) is 0 Å². The number of fused-ring (bicyclic) bond motifs is 2. The summed E-state index contributed by atoms with van der Waals surface area (Å²) in [4.78, 5) is 40.5. The first kappa shape index (κ1) is 36.2. The Morgan fingerprint density at radius 2 is 1.57 bits per heavy atom. The third-order valence-electron chi connectivity index (χ3n) is 10.0. The topological polar surface area (TPSA) is 101 Å². The molecule has 2 N–H and O–H groups in total. The largest absolute Gasteiger partial charge is 0.480 e. The monoisotopic (exact) mass is 725 g/mol. The first-order valence-corrected chi connectivity index (χ1v) is 15.9. The summed E-state index contributed by atoms with van der Waals surface area (Å²) in [5.41, 5.74) is -5.72. The minimum atomic E-state index is -5.16. The minimum Gasteiger partial charge on any atom is -0.480 e. The van der Waals surface area contributed by atoms with E-state index in [-0.39, 0.29) is 39.4 Å². The van der Waals surface area contributed by atoms with Crippen molar-refractivity contribution in [1.82, 2.24) is 14.8 Å². The van der Waals surface area contributed by atoms with Crippen LogP contribution in [0, 0.1) is 5.41 Å². The molecule has 8 nitrogen and oxygen atoms in total. The molecule has 1 aromatic heterocycles. The number of ether oxygens (including phenoxy) is 1. The molecule has 0 spiro atoms. The van der Waals surface area contributed by atoms with E-state index >= 15 is 0 Å². The van der Waals surface area contributed by atoms with Crippen LogP contribution in [0.2, 0.25) is 0 Å². The van der Waals surface area contributed by atoms with E-state index in [9.17, 15) is 54.6 Å². The lowest BCUT2D eigenvalue weighted by molar-refractivity contribution is -0.235. The van der Waals surface area contributed by atoms with Crippen molar-refractivity contribution in [2.75, 3.05) is 26.3 Å². The molecule has 16 heteroatoms. The first-order chi connectivity index (χ1) is 23.9. The Kier molecular flexibility index (Phi) is 9.15. The van der Waals surface area contributed by atoms with E-state index in [0.717, 1.165) is 9.47 Å². The molecule has 0 radical (unpaired) electrons. The van der Waals surface area contributed by atoms with Gasteiger partial charge in [-0.3, -0.25) is 14.5 Å². The molecule has 2 saturated heterocycles. The van der Waals surface area contributed by atoms with Gasteiger partial charge in [-0.15, -0.1) is 0 Å². The Morgan fingerprint density at radius 3 is 2.18 bits per heavy atom. The van der Waals surface area contributed by atoms with E-state index in [4.69, 9.17) is 4.74 Å². The molecular weight excluding hydrogens is 694 g/mol. The Labute approximate surface area is 284 Å². The number of aryl methyl sites for hydroxylation is 1. The predicted molar refractivity (Wildman–Crippen MR) is 169 cm³/mol. The maximum atomic E-state index is 14.7. The molecule has 0 bridgehead atoms. The quantitative estimate of drug-likeness (QED) is 0.221. The molecule has 0 saturated carbocycles. The predicted octanol–water partition coefficient (Wildman–Crippen LogP) is 6.17. The minimum absolute atomic E-state index is 0.0485. The first-order valence-electron chi connectivity index (χ1n) is 15.9. The number of likely N-dealkylation sites (tertiary alicyclic amines) is 1. The maximum Gasteiger partial charge on any atom is 0.417 e. The van der Waals surface area contributed by atoms with E-state index in [2.05, 4.69) is 0 Å². The van der Waals surface area contributed by atoms with Crippen LogP contribution in [0.5, 0.6) is 0 Å². The number of carboxylic acid groups (broad SMARTS) is 1. The number of hydrogen-bond acceptors (Lipinski definition) is 5. The van der Waals surface area contributed by atoms with Gasteiger partial charge in [-0.25, -0.2) is 13.6 Å². The summed E-state index contributed by atoms with van der Waals surface area (Å²) in [6, 6.07) is 10.5. The average Bonchev–Trinajstić information content (AvgIpc) is 3.43. The van der Waals surface area contributed by atoms with E-state index in [1.54, 1.807) is 0 Å². The molecule has 3 aromatic carbocycles. The number of hydrogen-bond donors (Lipinski definition) is 2. The van der Waals surface area contributed by atoms with Gasteiger partial charge >= 0.3 is 18.3 Å². The zero-order valence-corrected chi connectivity index (χ0v) is 26.9. The summed E-state index contributed by atoms with van der Waals surface area (Å²) < 4.78 is 122. The van der Waals surface area contributed by atoms with Gasteiger partial charge in [-0.2, -0.15) is 26.3 Å². The molecule has 1 amide bonds. The number of pyridine rings is 1. The molecule has 2 aliphatic rings. The molecule has 2 aliphatic heterocycles. The van der Waals surface area contributed by atoms with Gasteiger partial charge in [0.25, 0.3) is 11.5 Å². The molecule has 51 heavy (non-hydrogen) atoms. The molecule has 4 aromatic rings. The molecule has 3 heterocycles. The molecule has 6 rings (SSSR count). The van der Waals surface area contributed by atoms with Gasteiger partial charge in [0, 0.05) is 31.9 Å². The maximum absolute atomic E-state index is 14.7. The highest BCUT2D eigenvalue weighted by molar-refractivity contribution is 6.02. The summed E-state index contributed by atoms with van der Waals surface area (Å²) in [6.45, 7) is -2.31. The van der Waals surface area contributed by atoms with Crippen molar-refractivity contribution in [2.45, 2.75) is 49.6 Å². The molecule has 2 fully saturated rings. The van der Waals surface area contributed by atoms with Crippen molar-refractivity contribution in [1.29, 1.82) is 0 Å². The third-order valence-corrected chi connectivity index (χ3v) is 10.0. The Morgan fingerprint density at radius 1 is 0.941 bits per heavy atom. The summed E-state index contributed by atoms with van der Waals surface area (Å²) in [5.74, 6) is -6.60. The number of carbonyl (C=O) groups excluding carboxylic acids is 1. The number of amides is 1. The average molecular weight is 726 g/mol. The van der Waals surface area contributed by atoms with E-state index in [1.165, 1.54) is 67.7 Å². The van der Waals surface area contributed by atoms with Crippen molar-refractivity contribution >= 4 is 33.6 Å². The van der Waals surface area contributed by atoms with Crippen LogP contribution >= 0.6 is 0 Å². The van der Waals surface area contributed by atoms with Gasteiger partial charge in [0.1, 0.15) is 18.1 Å². The molecule has 272 valence electrons. The van der Waals surface area contributed by atoms with Crippen LogP contribution in [-0.4, -0.2) is 76.9 Å². The second-order valence-electron chi connectivity index (χ2n) is 12.9. The van der Waals surface area contributed by atoms with Crippen LogP contribution in [0.3, 0.4) is 0 Å². The zero-order chi connectivity index (χ0) is 37.1. The van der Waals surface area contributed by atoms with Crippen LogP contribution in [0.15, 0.2) is 65.5 Å². The van der Waals surface area contributed by atoms with Crippen molar-refractivity contribution in [3.05, 3.63) is 82.1 Å². The summed E-state index contributed by atoms with van der Waals surface area (Å²) in [7, 11) is 1.33. The van der Waals surface area contributed by atoms with Crippen LogP contribution in [-0.2, 0) is 34.0 Å².